The molecule has 1 aromatic carbocycles. The second kappa shape index (κ2) is 12.3. The summed E-state index contributed by atoms with van der Waals surface area (Å²) in [6.07, 6.45) is 7.54. The van der Waals surface area contributed by atoms with Crippen molar-refractivity contribution < 1.29 is 29.0 Å². The van der Waals surface area contributed by atoms with Crippen LogP contribution in [0, 0.1) is 11.8 Å². The molecule has 1 aromatic rings. The Hall–Kier alpha value is -3.36. The van der Waals surface area contributed by atoms with Crippen LogP contribution >= 0.6 is 0 Å². The highest BCUT2D eigenvalue weighted by molar-refractivity contribution is 6.07. The molecule has 0 bridgehead atoms. The van der Waals surface area contributed by atoms with Crippen LogP contribution in [0.25, 0.3) is 0 Å². The molecule has 2 aliphatic heterocycles. The van der Waals surface area contributed by atoms with Crippen molar-refractivity contribution in [3.63, 3.8) is 0 Å². The summed E-state index contributed by atoms with van der Waals surface area (Å²) in [4.78, 5) is 38.6. The second-order valence-corrected chi connectivity index (χ2v) is 9.71. The summed E-state index contributed by atoms with van der Waals surface area (Å²) < 4.78 is 11.6. The molecule has 2 heterocycles. The van der Waals surface area contributed by atoms with E-state index in [0.717, 1.165) is 17.7 Å². The van der Waals surface area contributed by atoms with Crippen LogP contribution in [0.5, 0.6) is 11.5 Å². The van der Waals surface area contributed by atoms with E-state index in [-0.39, 0.29) is 42.5 Å². The summed E-state index contributed by atoms with van der Waals surface area (Å²) in [5.41, 5.74) is 1.82. The van der Waals surface area contributed by atoms with Crippen LogP contribution in [0.4, 0.5) is 0 Å². The van der Waals surface area contributed by atoms with Crippen LogP contribution in [-0.2, 0) is 14.4 Å². The SMILES string of the molecule is CCOc1ccc(C2=NN(C3CCN(C(=O)CCCC(=O)O)CC3)C(=O)C3CC=CCC23)cc1OCC. The second-order valence-electron chi connectivity index (χ2n) is 9.71. The molecule has 4 rings (SSSR count). The molecule has 0 saturated carbocycles. The monoisotopic (exact) mass is 511 g/mol. The van der Waals surface area contributed by atoms with Gasteiger partial charge in [-0.15, -0.1) is 0 Å². The van der Waals surface area contributed by atoms with Crippen molar-refractivity contribution in [1.82, 2.24) is 9.91 Å². The molecular formula is C28H37N3O6. The van der Waals surface area contributed by atoms with Crippen molar-refractivity contribution in [2.24, 2.45) is 16.9 Å². The molecule has 2 atom stereocenters. The zero-order valence-electron chi connectivity index (χ0n) is 21.7. The summed E-state index contributed by atoms with van der Waals surface area (Å²) in [5.74, 6) is 0.362. The predicted molar refractivity (Wildman–Crippen MR) is 139 cm³/mol. The van der Waals surface area contributed by atoms with E-state index < -0.39 is 5.97 Å². The van der Waals surface area contributed by atoms with Crippen molar-refractivity contribution in [2.75, 3.05) is 26.3 Å². The Balaban J connectivity index is 1.54. The lowest BCUT2D eigenvalue weighted by Gasteiger charge is -2.42. The van der Waals surface area contributed by atoms with Gasteiger partial charge in [0.05, 0.1) is 30.9 Å². The lowest BCUT2D eigenvalue weighted by atomic mass is 9.76. The number of carbonyl (C=O) groups excluding carboxylic acids is 2. The summed E-state index contributed by atoms with van der Waals surface area (Å²) in [6.45, 7) is 6.01. The molecule has 1 N–H and O–H groups in total. The number of carboxylic acid groups (broad SMARTS) is 1. The Morgan fingerprint density at radius 1 is 1.00 bits per heavy atom. The van der Waals surface area contributed by atoms with Gasteiger partial charge in [0, 0.05) is 37.4 Å². The summed E-state index contributed by atoms with van der Waals surface area (Å²) in [7, 11) is 0. The molecule has 2 unspecified atom stereocenters. The number of hydrogen-bond donors (Lipinski definition) is 1. The summed E-state index contributed by atoms with van der Waals surface area (Å²) in [6, 6.07) is 5.80. The number of aliphatic carboxylic acids is 1. The maximum absolute atomic E-state index is 13.6. The number of rotatable bonds is 10. The van der Waals surface area contributed by atoms with Gasteiger partial charge < -0.3 is 19.5 Å². The first-order valence-corrected chi connectivity index (χ1v) is 13.4. The third-order valence-electron chi connectivity index (χ3n) is 7.33. The van der Waals surface area contributed by atoms with E-state index in [1.165, 1.54) is 0 Å². The van der Waals surface area contributed by atoms with Gasteiger partial charge in [0.2, 0.25) is 11.8 Å². The van der Waals surface area contributed by atoms with E-state index in [2.05, 4.69) is 12.2 Å². The normalized spacial score (nSPS) is 21.9. The van der Waals surface area contributed by atoms with Gasteiger partial charge in [0.25, 0.3) is 0 Å². The highest BCUT2D eigenvalue weighted by atomic mass is 16.5. The number of allylic oxidation sites excluding steroid dienone is 2. The number of hydrogen-bond acceptors (Lipinski definition) is 6. The van der Waals surface area contributed by atoms with E-state index in [1.807, 2.05) is 32.0 Å². The lowest BCUT2D eigenvalue weighted by molar-refractivity contribution is -0.142. The number of carbonyl (C=O) groups is 3. The van der Waals surface area contributed by atoms with E-state index in [9.17, 15) is 14.4 Å². The van der Waals surface area contributed by atoms with Crippen molar-refractivity contribution in [3.8, 4) is 11.5 Å². The number of carboxylic acids is 1. The smallest absolute Gasteiger partial charge is 0.303 e. The Morgan fingerprint density at radius 2 is 1.68 bits per heavy atom. The van der Waals surface area contributed by atoms with E-state index >= 15 is 0 Å². The molecule has 200 valence electrons. The highest BCUT2D eigenvalue weighted by Crippen LogP contribution is 2.38. The van der Waals surface area contributed by atoms with Crippen molar-refractivity contribution in [1.29, 1.82) is 0 Å². The number of piperidine rings is 1. The number of fused-ring (bicyclic) bond motifs is 1. The Morgan fingerprint density at radius 3 is 2.35 bits per heavy atom. The standard InChI is InChI=1S/C28H37N3O6/c1-3-36-23-13-12-19(18-24(23)37-4-2)27-21-8-5-6-9-22(21)28(35)31(29-27)20-14-16-30(17-15-20)25(32)10-7-11-26(33)34/h5-6,12-13,18,20-22H,3-4,7-11,14-17H2,1-2H3,(H,33,34). The number of likely N-dealkylation sites (tertiary alicyclic amines) is 1. The first-order valence-electron chi connectivity index (χ1n) is 13.4. The number of hydrazone groups is 1. The third kappa shape index (κ3) is 6.14. The maximum atomic E-state index is 13.6. The highest BCUT2D eigenvalue weighted by Gasteiger charge is 2.43. The fourth-order valence-electron chi connectivity index (χ4n) is 5.45. The van der Waals surface area contributed by atoms with Gasteiger partial charge in [-0.05, 0) is 64.2 Å². The topological polar surface area (TPSA) is 109 Å². The Labute approximate surface area is 218 Å². The molecule has 37 heavy (non-hydrogen) atoms. The minimum Gasteiger partial charge on any atom is -0.490 e. The average molecular weight is 512 g/mol. The fraction of sp³-hybridized carbons (Fsp3) is 0.571. The van der Waals surface area contributed by atoms with E-state index in [1.54, 1.807) is 9.91 Å². The first-order chi connectivity index (χ1) is 17.9. The van der Waals surface area contributed by atoms with Crippen LogP contribution in [0.1, 0.15) is 64.4 Å². The molecule has 1 aliphatic carbocycles. The van der Waals surface area contributed by atoms with Crippen LogP contribution in [-0.4, -0.2) is 70.9 Å². The average Bonchev–Trinajstić information content (AvgIpc) is 2.90. The van der Waals surface area contributed by atoms with E-state index in [4.69, 9.17) is 19.7 Å². The van der Waals surface area contributed by atoms with E-state index in [0.29, 0.717) is 63.5 Å². The van der Waals surface area contributed by atoms with Crippen LogP contribution in [0.15, 0.2) is 35.5 Å². The predicted octanol–water partition coefficient (Wildman–Crippen LogP) is 3.86. The molecule has 1 fully saturated rings. The zero-order valence-corrected chi connectivity index (χ0v) is 21.7. The summed E-state index contributed by atoms with van der Waals surface area (Å²) >= 11 is 0. The van der Waals surface area contributed by atoms with Crippen LogP contribution in [0.3, 0.4) is 0 Å². The Kier molecular flexibility index (Phi) is 8.84. The maximum Gasteiger partial charge on any atom is 0.303 e. The quantitative estimate of drug-likeness (QED) is 0.478. The van der Waals surface area contributed by atoms with Gasteiger partial charge in [-0.1, -0.05) is 12.2 Å². The lowest BCUT2D eigenvalue weighted by Crippen LogP contribution is -2.52. The van der Waals surface area contributed by atoms with Gasteiger partial charge in [-0.2, -0.15) is 5.10 Å². The molecule has 9 heteroatoms. The number of ether oxygens (including phenoxy) is 2. The van der Waals surface area contributed by atoms with Gasteiger partial charge in [-0.3, -0.25) is 14.4 Å². The molecule has 0 spiro atoms. The van der Waals surface area contributed by atoms with Gasteiger partial charge in [0.1, 0.15) is 0 Å². The van der Waals surface area contributed by atoms with Gasteiger partial charge in [-0.25, -0.2) is 5.01 Å². The van der Waals surface area contributed by atoms with Crippen molar-refractivity contribution in [2.45, 2.75) is 64.8 Å². The molecular weight excluding hydrogens is 474 g/mol. The third-order valence-corrected chi connectivity index (χ3v) is 7.33. The van der Waals surface area contributed by atoms with Crippen LogP contribution < -0.4 is 9.47 Å². The van der Waals surface area contributed by atoms with Crippen molar-refractivity contribution in [3.05, 3.63) is 35.9 Å². The molecule has 9 nitrogen and oxygen atoms in total. The minimum absolute atomic E-state index is 0.00443. The molecule has 0 aromatic heterocycles. The number of benzene rings is 1. The zero-order chi connectivity index (χ0) is 26.4. The fourth-order valence-corrected chi connectivity index (χ4v) is 5.45. The molecule has 1 saturated heterocycles. The molecule has 2 amide bonds. The van der Waals surface area contributed by atoms with Gasteiger partial charge in [0.15, 0.2) is 11.5 Å². The van der Waals surface area contributed by atoms with Crippen molar-refractivity contribution >= 4 is 23.5 Å². The molecule has 3 aliphatic rings. The Bertz CT molecular complexity index is 1060. The van der Waals surface area contributed by atoms with Gasteiger partial charge >= 0.3 is 5.97 Å². The number of nitrogens with zero attached hydrogens (tertiary/aromatic N) is 3. The summed E-state index contributed by atoms with van der Waals surface area (Å²) in [5, 5.41) is 15.5. The number of amides is 2. The first kappa shape index (κ1) is 26.7. The molecule has 0 radical (unpaired) electrons. The largest absolute Gasteiger partial charge is 0.490 e. The van der Waals surface area contributed by atoms with Crippen LogP contribution in [0.2, 0.25) is 0 Å². The minimum atomic E-state index is -0.888.